The van der Waals surface area contributed by atoms with Gasteiger partial charge < -0.3 is 15.8 Å². The van der Waals surface area contributed by atoms with Crippen molar-refractivity contribution >= 4 is 52.1 Å². The smallest absolute Gasteiger partial charge is 0.238 e. The van der Waals surface area contributed by atoms with Crippen LogP contribution in [0.3, 0.4) is 0 Å². The number of aromatic nitrogens is 1. The van der Waals surface area contributed by atoms with E-state index in [4.69, 9.17) is 22.1 Å². The number of methoxy groups -OCH3 is 1. The van der Waals surface area contributed by atoms with Gasteiger partial charge in [-0.2, -0.15) is 10.5 Å². The molecule has 33 heavy (non-hydrogen) atoms. The molecule has 0 saturated heterocycles. The average Bonchev–Trinajstić information content (AvgIpc) is 3.33. The van der Waals surface area contributed by atoms with E-state index < -0.39 is 5.25 Å². The number of aryl methyl sites for hydroxylation is 1. The van der Waals surface area contributed by atoms with Crippen LogP contribution in [0.1, 0.15) is 30.0 Å². The molecule has 1 unspecified atom stereocenters. The lowest BCUT2D eigenvalue weighted by atomic mass is 10.0. The lowest BCUT2D eigenvalue weighted by Gasteiger charge is -2.18. The number of benzene rings is 1. The fourth-order valence-electron chi connectivity index (χ4n) is 3.15. The first kappa shape index (κ1) is 24.4. The number of rotatable bonds is 7. The number of ether oxygens (including phenoxy) is 1. The molecule has 0 aliphatic carbocycles. The van der Waals surface area contributed by atoms with Gasteiger partial charge in [0.1, 0.15) is 34.3 Å². The van der Waals surface area contributed by atoms with Crippen LogP contribution in [0.2, 0.25) is 5.02 Å². The zero-order valence-electron chi connectivity index (χ0n) is 18.1. The largest absolute Gasteiger partial charge is 0.495 e. The van der Waals surface area contributed by atoms with Gasteiger partial charge in [0.2, 0.25) is 5.91 Å². The van der Waals surface area contributed by atoms with Gasteiger partial charge in [0.15, 0.2) is 0 Å². The van der Waals surface area contributed by atoms with Crippen LogP contribution in [0.5, 0.6) is 5.75 Å². The van der Waals surface area contributed by atoms with E-state index in [0.717, 1.165) is 22.2 Å². The number of amides is 1. The molecule has 168 valence electrons. The van der Waals surface area contributed by atoms with Gasteiger partial charge in [0, 0.05) is 21.5 Å². The fourth-order valence-corrected chi connectivity index (χ4v) is 5.11. The molecule has 0 bridgehead atoms. The van der Waals surface area contributed by atoms with Crippen molar-refractivity contribution in [3.8, 4) is 28.3 Å². The Morgan fingerprint density at radius 1 is 1.36 bits per heavy atom. The van der Waals surface area contributed by atoms with E-state index in [9.17, 15) is 15.3 Å². The Kier molecular flexibility index (Phi) is 7.83. The van der Waals surface area contributed by atoms with Crippen LogP contribution in [0.25, 0.3) is 10.4 Å². The minimum Gasteiger partial charge on any atom is -0.495 e. The number of hydrogen-bond donors (Lipinski definition) is 2. The standard InChI is InChI=1S/C23H20ClN5O2S2/c1-4-18(22(30)28-16-8-12(2)15(24)9-17(16)31-3)33-23-14(11-26)20(19-6-5-7-32-19)13(10-25)21(27)29-23/h5-9,18H,4H2,1-3H3,(H2,27,29)(H,28,30). The third kappa shape index (κ3) is 5.07. The molecule has 3 aromatic rings. The van der Waals surface area contributed by atoms with Crippen molar-refractivity contribution in [2.45, 2.75) is 30.5 Å². The van der Waals surface area contributed by atoms with Crippen LogP contribution < -0.4 is 15.8 Å². The van der Waals surface area contributed by atoms with Gasteiger partial charge in [-0.05, 0) is 36.4 Å². The summed E-state index contributed by atoms with van der Waals surface area (Å²) in [5, 5.41) is 24.5. The predicted molar refractivity (Wildman–Crippen MR) is 133 cm³/mol. The number of nitrogens with two attached hydrogens (primary N) is 1. The third-order valence-corrected chi connectivity index (χ3v) is 7.48. The maximum absolute atomic E-state index is 13.1. The second kappa shape index (κ2) is 10.6. The number of carbonyl (C=O) groups is 1. The number of nitriles is 2. The summed E-state index contributed by atoms with van der Waals surface area (Å²) in [6.07, 6.45) is 0.464. The summed E-state index contributed by atoms with van der Waals surface area (Å²) < 4.78 is 5.34. The number of nitrogens with zero attached hydrogens (tertiary/aromatic N) is 3. The van der Waals surface area contributed by atoms with Crippen LogP contribution in [-0.4, -0.2) is 23.3 Å². The van der Waals surface area contributed by atoms with Gasteiger partial charge in [-0.15, -0.1) is 11.3 Å². The second-order valence-electron chi connectivity index (χ2n) is 6.93. The van der Waals surface area contributed by atoms with Crippen molar-refractivity contribution in [1.82, 2.24) is 4.98 Å². The molecule has 0 fully saturated rings. The summed E-state index contributed by atoms with van der Waals surface area (Å²) in [6, 6.07) is 11.2. The van der Waals surface area contributed by atoms with Crippen molar-refractivity contribution in [1.29, 1.82) is 10.5 Å². The normalized spacial score (nSPS) is 11.3. The monoisotopic (exact) mass is 497 g/mol. The Bertz CT molecular complexity index is 1280. The van der Waals surface area contributed by atoms with Crippen LogP contribution in [-0.2, 0) is 4.79 Å². The van der Waals surface area contributed by atoms with Gasteiger partial charge in [-0.1, -0.05) is 36.4 Å². The van der Waals surface area contributed by atoms with Crippen molar-refractivity contribution in [2.75, 3.05) is 18.2 Å². The summed E-state index contributed by atoms with van der Waals surface area (Å²) in [5.74, 6) is 0.179. The number of anilines is 2. The number of carbonyl (C=O) groups excluding carboxylic acids is 1. The molecule has 0 aliphatic rings. The van der Waals surface area contributed by atoms with Gasteiger partial charge in [0.25, 0.3) is 0 Å². The average molecular weight is 498 g/mol. The molecule has 10 heteroatoms. The Morgan fingerprint density at radius 2 is 2.09 bits per heavy atom. The van der Waals surface area contributed by atoms with E-state index in [0.29, 0.717) is 33.5 Å². The topological polar surface area (TPSA) is 125 Å². The highest BCUT2D eigenvalue weighted by Crippen LogP contribution is 2.39. The molecular formula is C23H20ClN5O2S2. The number of nitrogens with one attached hydrogen (secondary N) is 1. The van der Waals surface area contributed by atoms with E-state index in [-0.39, 0.29) is 22.9 Å². The van der Waals surface area contributed by atoms with Crippen molar-refractivity contribution in [2.24, 2.45) is 0 Å². The number of hydrogen-bond acceptors (Lipinski definition) is 8. The molecule has 0 radical (unpaired) electrons. The highest BCUT2D eigenvalue weighted by atomic mass is 35.5. The Balaban J connectivity index is 1.98. The zero-order chi connectivity index (χ0) is 24.1. The van der Waals surface area contributed by atoms with E-state index in [2.05, 4.69) is 22.4 Å². The van der Waals surface area contributed by atoms with Crippen molar-refractivity contribution in [3.05, 3.63) is 51.4 Å². The number of halogens is 1. The fraction of sp³-hybridized carbons (Fsp3) is 0.217. The lowest BCUT2D eigenvalue weighted by Crippen LogP contribution is -2.25. The summed E-state index contributed by atoms with van der Waals surface area (Å²) in [4.78, 5) is 18.2. The minimum atomic E-state index is -0.575. The first-order valence-corrected chi connectivity index (χ1v) is 12.0. The molecule has 1 amide bonds. The summed E-state index contributed by atoms with van der Waals surface area (Å²) >= 11 is 8.69. The number of nitrogen functional groups attached to an aromatic ring is 1. The number of thiophene rings is 1. The molecule has 2 heterocycles. The molecule has 0 saturated carbocycles. The summed E-state index contributed by atoms with van der Waals surface area (Å²) in [7, 11) is 1.50. The Morgan fingerprint density at radius 3 is 2.67 bits per heavy atom. The highest BCUT2D eigenvalue weighted by Gasteiger charge is 2.26. The lowest BCUT2D eigenvalue weighted by molar-refractivity contribution is -0.115. The van der Waals surface area contributed by atoms with E-state index >= 15 is 0 Å². The molecule has 0 aliphatic heterocycles. The molecule has 0 spiro atoms. The van der Waals surface area contributed by atoms with E-state index in [1.54, 1.807) is 12.1 Å². The van der Waals surface area contributed by atoms with Gasteiger partial charge in [-0.3, -0.25) is 4.79 Å². The molecule has 3 rings (SSSR count). The first-order valence-electron chi connectivity index (χ1n) is 9.83. The maximum Gasteiger partial charge on any atom is 0.238 e. The first-order chi connectivity index (χ1) is 15.8. The highest BCUT2D eigenvalue weighted by molar-refractivity contribution is 8.00. The summed E-state index contributed by atoms with van der Waals surface area (Å²) in [6.45, 7) is 3.69. The van der Waals surface area contributed by atoms with E-state index in [1.165, 1.54) is 18.4 Å². The second-order valence-corrected chi connectivity index (χ2v) is 9.48. The minimum absolute atomic E-state index is 0.0210. The Labute approximate surface area is 205 Å². The SMILES string of the molecule is CCC(Sc1nc(N)c(C#N)c(-c2cccs2)c1C#N)C(=O)Nc1cc(C)c(Cl)cc1OC. The van der Waals surface area contributed by atoms with Crippen molar-refractivity contribution < 1.29 is 9.53 Å². The predicted octanol–water partition coefficient (Wildman–Crippen LogP) is 5.62. The Hall–Kier alpha value is -3.24. The molecule has 2 aromatic heterocycles. The van der Waals surface area contributed by atoms with Crippen LogP contribution in [0, 0.1) is 29.6 Å². The molecule has 1 aromatic carbocycles. The van der Waals surface area contributed by atoms with Crippen LogP contribution in [0.15, 0.2) is 34.7 Å². The van der Waals surface area contributed by atoms with E-state index in [1.807, 2.05) is 31.4 Å². The molecule has 3 N–H and O–H groups in total. The van der Waals surface area contributed by atoms with Crippen molar-refractivity contribution in [3.63, 3.8) is 0 Å². The maximum atomic E-state index is 13.1. The van der Waals surface area contributed by atoms with Gasteiger partial charge in [0.05, 0.1) is 23.6 Å². The molecular weight excluding hydrogens is 478 g/mol. The third-order valence-electron chi connectivity index (χ3n) is 4.84. The van der Waals surface area contributed by atoms with Gasteiger partial charge >= 0.3 is 0 Å². The zero-order valence-corrected chi connectivity index (χ0v) is 20.5. The van der Waals surface area contributed by atoms with Crippen LogP contribution in [0.4, 0.5) is 11.5 Å². The summed E-state index contributed by atoms with van der Waals surface area (Å²) in [5.41, 5.74) is 8.17. The van der Waals surface area contributed by atoms with Crippen LogP contribution >= 0.6 is 34.7 Å². The molecule has 1 atom stereocenters. The quantitative estimate of drug-likeness (QED) is 0.406. The number of thioether (sulfide) groups is 1. The number of pyridine rings is 1. The van der Waals surface area contributed by atoms with Gasteiger partial charge in [-0.25, -0.2) is 4.98 Å². The molecule has 7 nitrogen and oxygen atoms in total.